The molecule has 1 fully saturated rings. The molecule has 1 saturated heterocycles. The Morgan fingerprint density at radius 3 is 2.59 bits per heavy atom. The van der Waals surface area contributed by atoms with Crippen LogP contribution in [-0.2, 0) is 16.1 Å². The van der Waals surface area contributed by atoms with Crippen molar-refractivity contribution in [3.05, 3.63) is 16.1 Å². The molecule has 0 radical (unpaired) electrons. The third kappa shape index (κ3) is 4.51. The van der Waals surface area contributed by atoms with Gasteiger partial charge in [-0.1, -0.05) is 13.8 Å². The lowest BCUT2D eigenvalue weighted by molar-refractivity contribution is -0.135. The average Bonchev–Trinajstić information content (AvgIpc) is 2.81. The highest BCUT2D eigenvalue weighted by Gasteiger charge is 2.33. The molecule has 0 unspecified atom stereocenters. The van der Waals surface area contributed by atoms with E-state index in [9.17, 15) is 4.79 Å². The van der Waals surface area contributed by atoms with E-state index in [-0.39, 0.29) is 30.1 Å². The molecule has 0 saturated carbocycles. The number of hydrogen-bond acceptors (Lipinski definition) is 5. The third-order valence-corrected chi connectivity index (χ3v) is 4.67. The van der Waals surface area contributed by atoms with Crippen LogP contribution in [0, 0.1) is 12.8 Å². The first-order valence-corrected chi connectivity index (χ1v) is 8.83. The van der Waals surface area contributed by atoms with Crippen LogP contribution in [-0.4, -0.2) is 47.1 Å². The van der Waals surface area contributed by atoms with Crippen LogP contribution in [0.25, 0.3) is 0 Å². The Balaban J connectivity index is 1.98. The molecule has 2 heterocycles. The van der Waals surface area contributed by atoms with E-state index in [4.69, 9.17) is 4.74 Å². The summed E-state index contributed by atoms with van der Waals surface area (Å²) in [6, 6.07) is -0.117. The fourth-order valence-corrected chi connectivity index (χ4v) is 3.72. The Bertz CT molecular complexity index is 493. The smallest absolute Gasteiger partial charge is 0.237 e. The molecule has 1 N–H and O–H groups in total. The van der Waals surface area contributed by atoms with Gasteiger partial charge < -0.3 is 10.1 Å². The van der Waals surface area contributed by atoms with Crippen LogP contribution < -0.4 is 5.32 Å². The van der Waals surface area contributed by atoms with Crippen molar-refractivity contribution < 1.29 is 9.53 Å². The number of nitrogens with one attached hydrogen (secondary N) is 1. The van der Waals surface area contributed by atoms with E-state index in [1.165, 1.54) is 0 Å². The van der Waals surface area contributed by atoms with Gasteiger partial charge in [-0.25, -0.2) is 4.98 Å². The maximum absolute atomic E-state index is 12.7. The fourth-order valence-electron chi connectivity index (χ4n) is 3.11. The highest BCUT2D eigenvalue weighted by Crippen LogP contribution is 2.19. The molecular weight excluding hydrogens is 298 g/mol. The number of nitrogens with zero attached hydrogens (tertiary/aromatic N) is 2. The number of ether oxygens (including phenoxy) is 1. The zero-order valence-corrected chi connectivity index (χ0v) is 14.9. The predicted molar refractivity (Wildman–Crippen MR) is 88.9 cm³/mol. The lowest BCUT2D eigenvalue weighted by atomic mass is 9.99. The van der Waals surface area contributed by atoms with E-state index in [1.54, 1.807) is 11.3 Å². The second-order valence-electron chi connectivity index (χ2n) is 6.48. The van der Waals surface area contributed by atoms with Gasteiger partial charge in [-0.2, -0.15) is 0 Å². The molecule has 1 amide bonds. The van der Waals surface area contributed by atoms with Crippen LogP contribution >= 0.6 is 11.3 Å². The number of hydrogen-bond donors (Lipinski definition) is 1. The molecule has 1 aromatic heterocycles. The maximum Gasteiger partial charge on any atom is 0.237 e. The Labute approximate surface area is 137 Å². The van der Waals surface area contributed by atoms with Gasteiger partial charge in [-0.3, -0.25) is 9.69 Å². The summed E-state index contributed by atoms with van der Waals surface area (Å²) < 4.78 is 5.78. The monoisotopic (exact) mass is 325 g/mol. The van der Waals surface area contributed by atoms with Gasteiger partial charge >= 0.3 is 0 Å². The predicted octanol–water partition coefficient (Wildman–Crippen LogP) is 2.20. The lowest BCUT2D eigenvalue weighted by Crippen LogP contribution is -2.56. The Hall–Kier alpha value is -0.980. The van der Waals surface area contributed by atoms with Gasteiger partial charge in [0.2, 0.25) is 5.91 Å². The van der Waals surface area contributed by atoms with Gasteiger partial charge in [0.05, 0.1) is 35.5 Å². The SMILES string of the molecule is Cc1nc(CNC(=O)[C@H](C(C)C)N2C[C@@H](C)O[C@H](C)C2)cs1. The number of rotatable bonds is 5. The van der Waals surface area contributed by atoms with Crippen molar-refractivity contribution in [2.24, 2.45) is 5.92 Å². The Morgan fingerprint density at radius 2 is 2.09 bits per heavy atom. The molecule has 5 nitrogen and oxygen atoms in total. The van der Waals surface area contributed by atoms with Crippen LogP contribution in [0.1, 0.15) is 38.4 Å². The van der Waals surface area contributed by atoms with Crippen LogP contribution in [0.2, 0.25) is 0 Å². The molecule has 1 aromatic rings. The first-order valence-electron chi connectivity index (χ1n) is 7.95. The number of thiazole rings is 1. The number of aromatic nitrogens is 1. The van der Waals surface area contributed by atoms with Crippen LogP contribution in [0.3, 0.4) is 0 Å². The summed E-state index contributed by atoms with van der Waals surface area (Å²) in [5.41, 5.74) is 0.932. The van der Waals surface area contributed by atoms with E-state index in [1.807, 2.05) is 12.3 Å². The Kier molecular flexibility index (Phi) is 5.94. The van der Waals surface area contributed by atoms with Crippen molar-refractivity contribution in [3.63, 3.8) is 0 Å². The topological polar surface area (TPSA) is 54.5 Å². The van der Waals surface area contributed by atoms with Crippen LogP contribution in [0.5, 0.6) is 0 Å². The van der Waals surface area contributed by atoms with Crippen molar-refractivity contribution in [3.8, 4) is 0 Å². The number of carbonyl (C=O) groups is 1. The minimum Gasteiger partial charge on any atom is -0.373 e. The number of aryl methyl sites for hydroxylation is 1. The highest BCUT2D eigenvalue weighted by molar-refractivity contribution is 7.09. The van der Waals surface area contributed by atoms with E-state index in [0.717, 1.165) is 23.8 Å². The molecule has 3 atom stereocenters. The third-order valence-electron chi connectivity index (χ3n) is 3.85. The summed E-state index contributed by atoms with van der Waals surface area (Å²) in [4.78, 5) is 19.3. The summed E-state index contributed by atoms with van der Waals surface area (Å²) >= 11 is 1.61. The van der Waals surface area contributed by atoms with E-state index in [0.29, 0.717) is 6.54 Å². The largest absolute Gasteiger partial charge is 0.373 e. The van der Waals surface area contributed by atoms with Gasteiger partial charge in [0.25, 0.3) is 0 Å². The first kappa shape index (κ1) is 17.4. The lowest BCUT2D eigenvalue weighted by Gasteiger charge is -2.41. The van der Waals surface area contributed by atoms with E-state index in [2.05, 4.69) is 42.9 Å². The molecule has 0 aliphatic carbocycles. The van der Waals surface area contributed by atoms with Crippen molar-refractivity contribution in [2.75, 3.05) is 13.1 Å². The molecule has 0 spiro atoms. The standard InChI is InChI=1S/C16H27N3O2S/c1-10(2)15(19-7-11(3)21-12(4)8-19)16(20)17-6-14-9-22-13(5)18-14/h9-12,15H,6-8H2,1-5H3,(H,17,20)/t11-,12-,15+/m1/s1. The summed E-state index contributed by atoms with van der Waals surface area (Å²) in [7, 11) is 0. The molecule has 1 aliphatic heterocycles. The van der Waals surface area contributed by atoms with Gasteiger partial charge in [0.1, 0.15) is 0 Å². The van der Waals surface area contributed by atoms with Crippen molar-refractivity contribution in [1.29, 1.82) is 0 Å². The van der Waals surface area contributed by atoms with Crippen LogP contribution in [0.15, 0.2) is 5.38 Å². The summed E-state index contributed by atoms with van der Waals surface area (Å²) in [6.07, 6.45) is 0.331. The second kappa shape index (κ2) is 7.53. The summed E-state index contributed by atoms with van der Waals surface area (Å²) in [6.45, 7) is 12.4. The number of carbonyl (C=O) groups excluding carboxylic acids is 1. The zero-order valence-electron chi connectivity index (χ0n) is 14.1. The normalized spacial score (nSPS) is 24.5. The van der Waals surface area contributed by atoms with Gasteiger partial charge in [-0.05, 0) is 26.7 Å². The molecule has 0 aromatic carbocycles. The molecule has 22 heavy (non-hydrogen) atoms. The summed E-state index contributed by atoms with van der Waals surface area (Å²) in [5, 5.41) is 6.07. The Morgan fingerprint density at radius 1 is 1.45 bits per heavy atom. The quantitative estimate of drug-likeness (QED) is 0.902. The van der Waals surface area contributed by atoms with Crippen LogP contribution in [0.4, 0.5) is 0 Å². The van der Waals surface area contributed by atoms with Crippen molar-refractivity contribution in [2.45, 2.75) is 59.4 Å². The van der Waals surface area contributed by atoms with E-state index >= 15 is 0 Å². The van der Waals surface area contributed by atoms with Gasteiger partial charge in [-0.15, -0.1) is 11.3 Å². The zero-order chi connectivity index (χ0) is 16.3. The second-order valence-corrected chi connectivity index (χ2v) is 7.54. The highest BCUT2D eigenvalue weighted by atomic mass is 32.1. The maximum atomic E-state index is 12.7. The summed E-state index contributed by atoms with van der Waals surface area (Å²) in [5.74, 6) is 0.344. The van der Waals surface area contributed by atoms with E-state index < -0.39 is 0 Å². The van der Waals surface area contributed by atoms with Gasteiger partial charge in [0, 0.05) is 18.5 Å². The molecular formula is C16H27N3O2S. The average molecular weight is 325 g/mol. The molecule has 124 valence electrons. The molecule has 0 bridgehead atoms. The minimum absolute atomic E-state index is 0.0851. The molecule has 1 aliphatic rings. The number of amides is 1. The minimum atomic E-state index is -0.117. The first-order chi connectivity index (χ1) is 10.4. The number of morpholine rings is 1. The van der Waals surface area contributed by atoms with Crippen molar-refractivity contribution >= 4 is 17.2 Å². The van der Waals surface area contributed by atoms with Crippen molar-refractivity contribution in [1.82, 2.24) is 15.2 Å². The molecule has 2 rings (SSSR count). The molecule has 6 heteroatoms. The fraction of sp³-hybridized carbons (Fsp3) is 0.750. The van der Waals surface area contributed by atoms with Gasteiger partial charge in [0.15, 0.2) is 0 Å².